The van der Waals surface area contributed by atoms with E-state index < -0.39 is 0 Å². The molecule has 2 nitrogen and oxygen atoms in total. The van der Waals surface area contributed by atoms with Crippen molar-refractivity contribution in [3.05, 3.63) is 41.5 Å². The van der Waals surface area contributed by atoms with Gasteiger partial charge in [0.2, 0.25) is 0 Å². The largest absolute Gasteiger partial charge is 0.459 e. The molecular formula is C22H30O2. The Kier molecular flexibility index (Phi) is 5.76. The molecule has 2 aliphatic rings. The molecule has 0 spiro atoms. The molecule has 130 valence electrons. The van der Waals surface area contributed by atoms with Crippen LogP contribution in [0.2, 0.25) is 0 Å². The van der Waals surface area contributed by atoms with E-state index in [9.17, 15) is 4.79 Å². The Balaban J connectivity index is 1.56. The molecule has 0 radical (unpaired) electrons. The number of esters is 1. The summed E-state index contributed by atoms with van der Waals surface area (Å²) in [5, 5.41) is 0. The van der Waals surface area contributed by atoms with E-state index in [0.29, 0.717) is 5.56 Å². The number of hydrogen-bond donors (Lipinski definition) is 0. The molecule has 0 aliphatic heterocycles. The molecule has 2 heteroatoms. The smallest absolute Gasteiger partial charge is 0.338 e. The first kappa shape index (κ1) is 17.3. The lowest BCUT2D eigenvalue weighted by molar-refractivity contribution is 0.0164. The molecule has 0 heterocycles. The minimum atomic E-state index is -0.159. The van der Waals surface area contributed by atoms with Crippen LogP contribution in [0.4, 0.5) is 0 Å². The first-order valence-electron chi connectivity index (χ1n) is 9.66. The van der Waals surface area contributed by atoms with E-state index in [4.69, 9.17) is 4.74 Å². The number of rotatable bonds is 4. The van der Waals surface area contributed by atoms with Gasteiger partial charge in [0.25, 0.3) is 0 Å². The fourth-order valence-electron chi connectivity index (χ4n) is 3.93. The number of carbonyl (C=O) groups is 1. The standard InChI is InChI=1S/C22H30O2/c1-3-17-6-14-21(15-7-17)24-22(23)20-12-10-19(11-13-20)18-8-4-16(2)5-9-18/h8,10-13,16-17,21H,3-7,9,14-15H2,1-2H3. The normalized spacial score (nSPS) is 27.4. The number of hydrogen-bond acceptors (Lipinski definition) is 2. The summed E-state index contributed by atoms with van der Waals surface area (Å²) in [5.74, 6) is 1.46. The summed E-state index contributed by atoms with van der Waals surface area (Å²) in [5.41, 5.74) is 3.36. The van der Waals surface area contributed by atoms with Gasteiger partial charge < -0.3 is 4.74 Å². The van der Waals surface area contributed by atoms with Gasteiger partial charge in [-0.1, -0.05) is 38.5 Å². The highest BCUT2D eigenvalue weighted by molar-refractivity contribution is 5.90. The number of allylic oxidation sites excluding steroid dienone is 2. The zero-order valence-corrected chi connectivity index (χ0v) is 15.1. The van der Waals surface area contributed by atoms with Crippen LogP contribution in [-0.4, -0.2) is 12.1 Å². The third-order valence-electron chi connectivity index (χ3n) is 5.81. The maximum atomic E-state index is 12.4. The molecule has 24 heavy (non-hydrogen) atoms. The second kappa shape index (κ2) is 8.00. The maximum absolute atomic E-state index is 12.4. The van der Waals surface area contributed by atoms with Crippen LogP contribution in [0.25, 0.3) is 5.57 Å². The van der Waals surface area contributed by atoms with Crippen LogP contribution in [0.15, 0.2) is 30.3 Å². The lowest BCUT2D eigenvalue weighted by Crippen LogP contribution is -2.24. The average Bonchev–Trinajstić information content (AvgIpc) is 2.63. The third-order valence-corrected chi connectivity index (χ3v) is 5.81. The van der Waals surface area contributed by atoms with Gasteiger partial charge in [0.05, 0.1) is 5.56 Å². The Labute approximate surface area is 146 Å². The Morgan fingerprint density at radius 1 is 1.08 bits per heavy atom. The molecule has 1 atom stereocenters. The van der Waals surface area contributed by atoms with Crippen molar-refractivity contribution in [3.63, 3.8) is 0 Å². The SMILES string of the molecule is CCC1CCC(OC(=O)c2ccc(C3=CCC(C)CC3)cc2)CC1. The molecule has 1 fully saturated rings. The fraction of sp³-hybridized carbons (Fsp3) is 0.591. The summed E-state index contributed by atoms with van der Waals surface area (Å²) in [6, 6.07) is 8.00. The van der Waals surface area contributed by atoms with Gasteiger partial charge in [-0.15, -0.1) is 0 Å². The Morgan fingerprint density at radius 2 is 1.79 bits per heavy atom. The van der Waals surface area contributed by atoms with E-state index >= 15 is 0 Å². The van der Waals surface area contributed by atoms with Crippen molar-refractivity contribution in [2.75, 3.05) is 0 Å². The van der Waals surface area contributed by atoms with Crippen molar-refractivity contribution in [1.29, 1.82) is 0 Å². The van der Waals surface area contributed by atoms with Crippen molar-refractivity contribution in [3.8, 4) is 0 Å². The van der Waals surface area contributed by atoms with Crippen molar-refractivity contribution < 1.29 is 9.53 Å². The molecule has 1 unspecified atom stereocenters. The molecule has 1 aromatic rings. The molecule has 0 saturated heterocycles. The van der Waals surface area contributed by atoms with Crippen molar-refractivity contribution in [2.24, 2.45) is 11.8 Å². The maximum Gasteiger partial charge on any atom is 0.338 e. The minimum absolute atomic E-state index is 0.113. The van der Waals surface area contributed by atoms with Crippen molar-refractivity contribution >= 4 is 11.5 Å². The molecule has 0 aromatic heterocycles. The molecule has 0 bridgehead atoms. The topological polar surface area (TPSA) is 26.3 Å². The second-order valence-electron chi connectivity index (χ2n) is 7.64. The summed E-state index contributed by atoms with van der Waals surface area (Å²) < 4.78 is 5.72. The minimum Gasteiger partial charge on any atom is -0.459 e. The first-order valence-corrected chi connectivity index (χ1v) is 9.66. The van der Waals surface area contributed by atoms with Gasteiger partial charge in [0, 0.05) is 0 Å². The van der Waals surface area contributed by atoms with E-state index in [-0.39, 0.29) is 12.1 Å². The van der Waals surface area contributed by atoms with Crippen LogP contribution in [0.3, 0.4) is 0 Å². The Morgan fingerprint density at radius 3 is 2.38 bits per heavy atom. The summed E-state index contributed by atoms with van der Waals surface area (Å²) in [4.78, 5) is 12.4. The predicted octanol–water partition coefficient (Wildman–Crippen LogP) is 6.02. The van der Waals surface area contributed by atoms with Crippen molar-refractivity contribution in [1.82, 2.24) is 0 Å². The average molecular weight is 326 g/mol. The highest BCUT2D eigenvalue weighted by atomic mass is 16.5. The number of carbonyl (C=O) groups excluding carboxylic acids is 1. The molecule has 0 amide bonds. The quantitative estimate of drug-likeness (QED) is 0.633. The summed E-state index contributed by atoms with van der Waals surface area (Å²) >= 11 is 0. The van der Waals surface area contributed by atoms with Gasteiger partial charge in [0.1, 0.15) is 6.10 Å². The van der Waals surface area contributed by atoms with E-state index in [1.54, 1.807) is 0 Å². The predicted molar refractivity (Wildman–Crippen MR) is 98.9 cm³/mol. The van der Waals surface area contributed by atoms with Crippen LogP contribution < -0.4 is 0 Å². The van der Waals surface area contributed by atoms with E-state index in [1.165, 1.54) is 43.2 Å². The monoisotopic (exact) mass is 326 g/mol. The first-order chi connectivity index (χ1) is 11.7. The lowest BCUT2D eigenvalue weighted by Gasteiger charge is -2.27. The highest BCUT2D eigenvalue weighted by Gasteiger charge is 2.23. The summed E-state index contributed by atoms with van der Waals surface area (Å²) in [6.45, 7) is 4.56. The molecular weight excluding hydrogens is 296 g/mol. The second-order valence-corrected chi connectivity index (χ2v) is 7.64. The molecule has 0 N–H and O–H groups in total. The molecule has 2 aliphatic carbocycles. The zero-order valence-electron chi connectivity index (χ0n) is 15.1. The van der Waals surface area contributed by atoms with Crippen molar-refractivity contribution in [2.45, 2.75) is 71.3 Å². The van der Waals surface area contributed by atoms with E-state index in [0.717, 1.165) is 31.1 Å². The number of ether oxygens (including phenoxy) is 1. The van der Waals surface area contributed by atoms with Gasteiger partial charge in [-0.2, -0.15) is 0 Å². The van der Waals surface area contributed by atoms with Gasteiger partial charge in [-0.3, -0.25) is 0 Å². The zero-order chi connectivity index (χ0) is 16.9. The van der Waals surface area contributed by atoms with E-state index in [1.807, 2.05) is 12.1 Å². The van der Waals surface area contributed by atoms with Crippen LogP contribution in [0, 0.1) is 11.8 Å². The van der Waals surface area contributed by atoms with E-state index in [2.05, 4.69) is 32.1 Å². The van der Waals surface area contributed by atoms with Crippen LogP contribution >= 0.6 is 0 Å². The van der Waals surface area contributed by atoms with Gasteiger partial charge in [-0.05, 0) is 80.1 Å². The van der Waals surface area contributed by atoms with Crippen LogP contribution in [0.1, 0.15) is 81.1 Å². The lowest BCUT2D eigenvalue weighted by atomic mass is 9.86. The Bertz CT molecular complexity index is 576. The molecule has 1 saturated carbocycles. The summed E-state index contributed by atoms with van der Waals surface area (Å²) in [6.07, 6.45) is 11.7. The van der Waals surface area contributed by atoms with Gasteiger partial charge >= 0.3 is 5.97 Å². The van der Waals surface area contributed by atoms with Crippen LogP contribution in [-0.2, 0) is 4.74 Å². The Hall–Kier alpha value is -1.57. The number of benzene rings is 1. The van der Waals surface area contributed by atoms with Gasteiger partial charge in [0.15, 0.2) is 0 Å². The molecule has 1 aromatic carbocycles. The third kappa shape index (κ3) is 4.28. The summed E-state index contributed by atoms with van der Waals surface area (Å²) in [7, 11) is 0. The van der Waals surface area contributed by atoms with Crippen LogP contribution in [0.5, 0.6) is 0 Å². The van der Waals surface area contributed by atoms with Gasteiger partial charge in [-0.25, -0.2) is 4.79 Å². The molecule has 3 rings (SSSR count). The highest BCUT2D eigenvalue weighted by Crippen LogP contribution is 2.31. The fourth-order valence-corrected chi connectivity index (χ4v) is 3.93.